The van der Waals surface area contributed by atoms with Crippen LogP contribution in [0.2, 0.25) is 0 Å². The van der Waals surface area contributed by atoms with Gasteiger partial charge in [0.2, 0.25) is 5.91 Å². The average Bonchev–Trinajstić information content (AvgIpc) is 3.20. The lowest BCUT2D eigenvalue weighted by Crippen LogP contribution is -2.57. The van der Waals surface area contributed by atoms with Crippen molar-refractivity contribution in [1.82, 2.24) is 10.2 Å². The van der Waals surface area contributed by atoms with Crippen LogP contribution in [0.25, 0.3) is 0 Å². The molecule has 0 saturated carbocycles. The van der Waals surface area contributed by atoms with E-state index < -0.39 is 29.0 Å². The third-order valence-corrected chi connectivity index (χ3v) is 6.98. The molecule has 4 nitrogen and oxygen atoms in total. The molecule has 0 aromatic heterocycles. The van der Waals surface area contributed by atoms with E-state index in [1.54, 1.807) is 17.0 Å². The Hall–Kier alpha value is -2.38. The molecule has 2 aliphatic rings. The van der Waals surface area contributed by atoms with Gasteiger partial charge in [-0.15, -0.1) is 0 Å². The second-order valence-electron chi connectivity index (χ2n) is 8.92. The van der Waals surface area contributed by atoms with Crippen LogP contribution < -0.4 is 5.32 Å². The third kappa shape index (κ3) is 3.85. The molecule has 0 unspecified atom stereocenters. The molecule has 2 fully saturated rings. The third-order valence-electron chi connectivity index (χ3n) is 6.98. The first-order valence-electron chi connectivity index (χ1n) is 10.6. The van der Waals surface area contributed by atoms with Gasteiger partial charge in [-0.25, -0.2) is 13.2 Å². The van der Waals surface area contributed by atoms with Crippen LogP contribution in [0.1, 0.15) is 30.9 Å². The van der Waals surface area contributed by atoms with E-state index in [1.807, 2.05) is 13.8 Å². The molecule has 2 saturated heterocycles. The van der Waals surface area contributed by atoms with Crippen LogP contribution in [0.5, 0.6) is 0 Å². The lowest BCUT2D eigenvalue weighted by atomic mass is 9.70. The summed E-state index contributed by atoms with van der Waals surface area (Å²) in [5, 5.41) is 14.6. The van der Waals surface area contributed by atoms with Crippen molar-refractivity contribution in [2.45, 2.75) is 25.4 Å². The number of benzene rings is 2. The van der Waals surface area contributed by atoms with E-state index in [1.165, 1.54) is 24.3 Å². The molecular weight excluding hydrogens is 405 g/mol. The highest BCUT2D eigenvalue weighted by atomic mass is 19.1. The number of likely N-dealkylation sites (tertiary alicyclic amines) is 1. The van der Waals surface area contributed by atoms with Gasteiger partial charge in [0.15, 0.2) is 0 Å². The molecule has 4 rings (SSSR count). The van der Waals surface area contributed by atoms with Gasteiger partial charge in [0.05, 0.1) is 11.5 Å². The molecule has 2 aromatic rings. The summed E-state index contributed by atoms with van der Waals surface area (Å²) >= 11 is 0. The first-order chi connectivity index (χ1) is 14.7. The number of carbonyl (C=O) groups excluding carboxylic acids is 1. The van der Waals surface area contributed by atoms with Gasteiger partial charge in [0.25, 0.3) is 0 Å². The van der Waals surface area contributed by atoms with Gasteiger partial charge >= 0.3 is 0 Å². The summed E-state index contributed by atoms with van der Waals surface area (Å²) in [7, 11) is 0. The number of hydrogen-bond acceptors (Lipinski definition) is 3. The molecule has 1 amide bonds. The van der Waals surface area contributed by atoms with Gasteiger partial charge in [-0.3, -0.25) is 4.79 Å². The summed E-state index contributed by atoms with van der Waals surface area (Å²) in [5.74, 6) is -3.32. The van der Waals surface area contributed by atoms with E-state index in [0.29, 0.717) is 37.3 Å². The number of nitrogens with one attached hydrogen (secondary N) is 1. The smallest absolute Gasteiger partial charge is 0.227 e. The maximum atomic E-state index is 14.4. The van der Waals surface area contributed by atoms with Gasteiger partial charge in [0.1, 0.15) is 17.5 Å². The lowest BCUT2D eigenvalue weighted by Gasteiger charge is -2.48. The van der Waals surface area contributed by atoms with Crippen LogP contribution in [0, 0.1) is 35.2 Å². The summed E-state index contributed by atoms with van der Waals surface area (Å²) in [5.41, 5.74) is -0.414. The molecule has 0 spiro atoms. The van der Waals surface area contributed by atoms with Crippen molar-refractivity contribution in [3.8, 4) is 0 Å². The highest BCUT2D eigenvalue weighted by Crippen LogP contribution is 2.42. The normalized spacial score (nSPS) is 31.1. The molecule has 0 bridgehead atoms. The van der Waals surface area contributed by atoms with Crippen LogP contribution in [-0.2, 0) is 10.4 Å². The van der Waals surface area contributed by atoms with E-state index in [0.717, 1.165) is 6.07 Å². The van der Waals surface area contributed by atoms with Gasteiger partial charge in [-0.05, 0) is 29.3 Å². The zero-order valence-electron chi connectivity index (χ0n) is 17.6. The fourth-order valence-electron chi connectivity index (χ4n) is 5.29. The molecule has 2 N–H and O–H groups in total. The number of aliphatic hydroxyl groups is 1. The highest BCUT2D eigenvalue weighted by Gasteiger charge is 2.48. The summed E-state index contributed by atoms with van der Waals surface area (Å²) in [4.78, 5) is 15.1. The predicted octanol–water partition coefficient (Wildman–Crippen LogP) is 3.41. The minimum atomic E-state index is -1.25. The minimum Gasteiger partial charge on any atom is -0.384 e. The average molecular weight is 432 g/mol. The second kappa shape index (κ2) is 8.28. The Morgan fingerprint density at radius 2 is 1.71 bits per heavy atom. The first kappa shape index (κ1) is 21.8. The molecule has 7 heteroatoms. The Morgan fingerprint density at radius 1 is 1.03 bits per heavy atom. The van der Waals surface area contributed by atoms with E-state index in [-0.39, 0.29) is 23.7 Å². The largest absolute Gasteiger partial charge is 0.384 e. The number of halogens is 3. The van der Waals surface area contributed by atoms with Gasteiger partial charge in [-0.2, -0.15) is 0 Å². The molecule has 166 valence electrons. The summed E-state index contributed by atoms with van der Waals surface area (Å²) in [6.45, 7) is 5.17. The lowest BCUT2D eigenvalue weighted by molar-refractivity contribution is -0.152. The van der Waals surface area contributed by atoms with Crippen molar-refractivity contribution < 1.29 is 23.1 Å². The van der Waals surface area contributed by atoms with E-state index in [4.69, 9.17) is 0 Å². The van der Waals surface area contributed by atoms with E-state index in [2.05, 4.69) is 5.32 Å². The van der Waals surface area contributed by atoms with Crippen molar-refractivity contribution in [1.29, 1.82) is 0 Å². The monoisotopic (exact) mass is 432 g/mol. The molecule has 0 aliphatic carbocycles. The number of amides is 1. The quantitative estimate of drug-likeness (QED) is 0.782. The molecule has 2 aromatic carbocycles. The maximum absolute atomic E-state index is 14.4. The fraction of sp³-hybridized carbons (Fsp3) is 0.458. The molecule has 5 atom stereocenters. The van der Waals surface area contributed by atoms with Crippen molar-refractivity contribution in [2.75, 3.05) is 26.2 Å². The minimum absolute atomic E-state index is 0.112. The predicted molar refractivity (Wildman–Crippen MR) is 111 cm³/mol. The van der Waals surface area contributed by atoms with Crippen LogP contribution in [0.3, 0.4) is 0 Å². The Labute approximate surface area is 180 Å². The zero-order chi connectivity index (χ0) is 22.3. The number of carbonyl (C=O) groups is 1. The van der Waals surface area contributed by atoms with Gasteiger partial charge in [-0.1, -0.05) is 32.0 Å². The fourth-order valence-corrected chi connectivity index (χ4v) is 5.29. The van der Waals surface area contributed by atoms with E-state index >= 15 is 0 Å². The summed E-state index contributed by atoms with van der Waals surface area (Å²) < 4.78 is 41.5. The van der Waals surface area contributed by atoms with Crippen LogP contribution in [0.15, 0.2) is 42.5 Å². The molecular formula is C24H27F3N2O2. The Morgan fingerprint density at radius 3 is 2.35 bits per heavy atom. The van der Waals surface area contributed by atoms with Gasteiger partial charge < -0.3 is 15.3 Å². The van der Waals surface area contributed by atoms with Crippen molar-refractivity contribution in [3.05, 3.63) is 71.0 Å². The highest BCUT2D eigenvalue weighted by molar-refractivity contribution is 5.81. The Balaban J connectivity index is 1.55. The standard InChI is InChI=1S/C24H27F3N2O2/c1-14-12-29(13-15(2)24(14,31)16-4-3-5-17(25)8-16)23(30)21-11-28-10-20(21)19-7-6-18(26)9-22(19)27/h3-9,14-15,20-21,28,31H,10-13H2,1-2H3/t14-,15+,20-,21+,24-/m0/s1. The van der Waals surface area contributed by atoms with Crippen molar-refractivity contribution in [3.63, 3.8) is 0 Å². The maximum Gasteiger partial charge on any atom is 0.227 e. The topological polar surface area (TPSA) is 52.6 Å². The molecule has 31 heavy (non-hydrogen) atoms. The zero-order valence-corrected chi connectivity index (χ0v) is 17.6. The first-order valence-corrected chi connectivity index (χ1v) is 10.6. The van der Waals surface area contributed by atoms with Crippen LogP contribution in [-0.4, -0.2) is 42.1 Å². The molecule has 0 radical (unpaired) electrons. The SMILES string of the molecule is C[C@@H]1CN(C(=O)[C@@H]2CNC[C@H]2c2ccc(F)cc2F)C[C@H](C)[C@@]1(O)c1cccc(F)c1. The molecule has 2 heterocycles. The van der Waals surface area contributed by atoms with Crippen molar-refractivity contribution in [2.24, 2.45) is 17.8 Å². The molecule has 2 aliphatic heterocycles. The number of nitrogens with zero attached hydrogens (tertiary/aromatic N) is 1. The van der Waals surface area contributed by atoms with E-state index in [9.17, 15) is 23.1 Å². The van der Waals surface area contributed by atoms with Crippen LogP contribution in [0.4, 0.5) is 13.2 Å². The Bertz CT molecular complexity index is 971. The van der Waals surface area contributed by atoms with Crippen molar-refractivity contribution >= 4 is 5.91 Å². The van der Waals surface area contributed by atoms with Gasteiger partial charge in [0, 0.05) is 50.0 Å². The second-order valence-corrected chi connectivity index (χ2v) is 8.92. The Kier molecular flexibility index (Phi) is 5.83. The summed E-state index contributed by atoms with van der Waals surface area (Å²) in [6.07, 6.45) is 0. The summed E-state index contributed by atoms with van der Waals surface area (Å²) in [6, 6.07) is 9.43. The number of piperidine rings is 1. The number of rotatable bonds is 3. The number of hydrogen-bond donors (Lipinski definition) is 2. The van der Waals surface area contributed by atoms with Crippen LogP contribution >= 0.6 is 0 Å².